The number of nitrogens with one attached hydrogen (secondary N) is 1. The molecule has 1 rings (SSSR count). The van der Waals surface area contributed by atoms with E-state index < -0.39 is 24.7 Å². The highest BCUT2D eigenvalue weighted by Gasteiger charge is 2.35. The number of morpholine rings is 1. The molecule has 0 radical (unpaired) electrons. The molecular formula is C10H17F4NO. The molecule has 1 aliphatic rings. The molecule has 0 saturated carbocycles. The van der Waals surface area contributed by atoms with Gasteiger partial charge >= 0.3 is 6.18 Å². The number of alkyl halides is 4. The Morgan fingerprint density at radius 2 is 1.94 bits per heavy atom. The minimum Gasteiger partial charge on any atom is -0.379 e. The topological polar surface area (TPSA) is 21.3 Å². The first-order chi connectivity index (χ1) is 7.29. The lowest BCUT2D eigenvalue weighted by Gasteiger charge is -2.30. The van der Waals surface area contributed by atoms with E-state index in [1.807, 2.05) is 0 Å². The summed E-state index contributed by atoms with van der Waals surface area (Å²) in [6.07, 6.45) is -5.80. The highest BCUT2D eigenvalue weighted by Crippen LogP contribution is 2.30. The molecule has 1 N–H and O–H groups in total. The van der Waals surface area contributed by atoms with E-state index in [2.05, 4.69) is 5.32 Å². The predicted octanol–water partition coefficient (Wildman–Crippen LogP) is 2.44. The van der Waals surface area contributed by atoms with Gasteiger partial charge in [0.15, 0.2) is 0 Å². The molecule has 2 unspecified atom stereocenters. The van der Waals surface area contributed by atoms with Gasteiger partial charge in [0.05, 0.1) is 13.2 Å². The molecule has 0 bridgehead atoms. The van der Waals surface area contributed by atoms with Crippen LogP contribution in [0.1, 0.15) is 26.2 Å². The number of hydrogen-bond acceptors (Lipinski definition) is 2. The van der Waals surface area contributed by atoms with Crippen LogP contribution in [-0.4, -0.2) is 37.6 Å². The van der Waals surface area contributed by atoms with E-state index in [-0.39, 0.29) is 12.5 Å². The average Bonchev–Trinajstić information content (AvgIpc) is 2.15. The Bertz CT molecular complexity index is 211. The molecule has 1 aliphatic heterocycles. The molecule has 0 spiro atoms. The van der Waals surface area contributed by atoms with Crippen LogP contribution in [0.15, 0.2) is 0 Å². The molecule has 0 aromatic carbocycles. The molecule has 96 valence electrons. The molecule has 6 heteroatoms. The number of rotatable bonds is 4. The van der Waals surface area contributed by atoms with E-state index in [0.717, 1.165) is 0 Å². The number of ether oxygens (including phenoxy) is 1. The second-order valence-electron chi connectivity index (χ2n) is 4.46. The second kappa shape index (κ2) is 5.31. The van der Waals surface area contributed by atoms with Crippen molar-refractivity contribution in [2.45, 2.75) is 44.1 Å². The zero-order chi connectivity index (χ0) is 12.2. The molecule has 0 aliphatic carbocycles. The number of hydrogen-bond donors (Lipinski definition) is 1. The van der Waals surface area contributed by atoms with Gasteiger partial charge in [-0.1, -0.05) is 0 Å². The maximum atomic E-state index is 13.8. The molecule has 0 aromatic heterocycles. The van der Waals surface area contributed by atoms with Gasteiger partial charge in [-0.2, -0.15) is 13.2 Å². The quantitative estimate of drug-likeness (QED) is 0.766. The lowest BCUT2D eigenvalue weighted by Crippen LogP contribution is -2.45. The molecule has 1 heterocycles. The molecular weight excluding hydrogens is 226 g/mol. The van der Waals surface area contributed by atoms with Crippen LogP contribution in [0.5, 0.6) is 0 Å². The van der Waals surface area contributed by atoms with Gasteiger partial charge < -0.3 is 10.1 Å². The lowest BCUT2D eigenvalue weighted by molar-refractivity contribution is -0.142. The van der Waals surface area contributed by atoms with E-state index in [4.69, 9.17) is 4.74 Å². The third kappa shape index (κ3) is 5.65. The Hall–Kier alpha value is -0.360. The smallest absolute Gasteiger partial charge is 0.379 e. The summed E-state index contributed by atoms with van der Waals surface area (Å²) in [5, 5.41) is 3.03. The largest absolute Gasteiger partial charge is 0.389 e. The van der Waals surface area contributed by atoms with Crippen LogP contribution in [-0.2, 0) is 4.74 Å². The van der Waals surface area contributed by atoms with Crippen molar-refractivity contribution in [2.24, 2.45) is 0 Å². The fourth-order valence-electron chi connectivity index (χ4n) is 1.77. The van der Waals surface area contributed by atoms with Crippen LogP contribution in [0.4, 0.5) is 17.6 Å². The maximum absolute atomic E-state index is 13.8. The van der Waals surface area contributed by atoms with Crippen molar-refractivity contribution in [3.63, 3.8) is 0 Å². The van der Waals surface area contributed by atoms with Crippen molar-refractivity contribution in [3.05, 3.63) is 0 Å². The molecule has 16 heavy (non-hydrogen) atoms. The summed E-state index contributed by atoms with van der Waals surface area (Å²) < 4.78 is 54.8. The first-order valence-corrected chi connectivity index (χ1v) is 5.35. The van der Waals surface area contributed by atoms with Crippen LogP contribution in [0, 0.1) is 0 Å². The summed E-state index contributed by atoms with van der Waals surface area (Å²) in [6.45, 7) is 2.78. The standard InChI is InChI=1S/C10H17F4NO/c1-9(11,2-3-10(12,13)14)6-8-7-16-5-4-15-8/h8,15H,2-7H2,1H3. The highest BCUT2D eigenvalue weighted by molar-refractivity contribution is 4.83. The van der Waals surface area contributed by atoms with E-state index in [1.165, 1.54) is 6.92 Å². The Labute approximate surface area is 92.3 Å². The van der Waals surface area contributed by atoms with Gasteiger partial charge in [0.1, 0.15) is 5.67 Å². The van der Waals surface area contributed by atoms with Crippen molar-refractivity contribution in [2.75, 3.05) is 19.8 Å². The minimum atomic E-state index is -4.29. The average molecular weight is 243 g/mol. The lowest BCUT2D eigenvalue weighted by atomic mass is 9.93. The Morgan fingerprint density at radius 3 is 2.44 bits per heavy atom. The first kappa shape index (κ1) is 13.7. The monoisotopic (exact) mass is 243 g/mol. The van der Waals surface area contributed by atoms with Crippen molar-refractivity contribution in [1.29, 1.82) is 0 Å². The van der Waals surface area contributed by atoms with Gasteiger partial charge in [-0.3, -0.25) is 0 Å². The Morgan fingerprint density at radius 1 is 1.25 bits per heavy atom. The molecule has 2 nitrogen and oxygen atoms in total. The molecule has 2 atom stereocenters. The maximum Gasteiger partial charge on any atom is 0.389 e. The van der Waals surface area contributed by atoms with Gasteiger partial charge in [0.25, 0.3) is 0 Å². The fourth-order valence-corrected chi connectivity index (χ4v) is 1.77. The number of halogens is 4. The van der Waals surface area contributed by atoms with Crippen molar-refractivity contribution < 1.29 is 22.3 Å². The Balaban J connectivity index is 2.32. The first-order valence-electron chi connectivity index (χ1n) is 5.35. The van der Waals surface area contributed by atoms with Gasteiger partial charge in [-0.05, 0) is 19.8 Å². The zero-order valence-electron chi connectivity index (χ0n) is 9.24. The van der Waals surface area contributed by atoms with E-state index >= 15 is 0 Å². The van der Waals surface area contributed by atoms with E-state index in [0.29, 0.717) is 19.8 Å². The zero-order valence-corrected chi connectivity index (χ0v) is 9.24. The predicted molar refractivity (Wildman–Crippen MR) is 52.0 cm³/mol. The molecule has 1 fully saturated rings. The van der Waals surface area contributed by atoms with Gasteiger partial charge in [0, 0.05) is 19.0 Å². The van der Waals surface area contributed by atoms with E-state index in [9.17, 15) is 17.6 Å². The van der Waals surface area contributed by atoms with Crippen molar-refractivity contribution in [1.82, 2.24) is 5.32 Å². The van der Waals surface area contributed by atoms with Crippen LogP contribution < -0.4 is 5.32 Å². The third-order valence-corrected chi connectivity index (χ3v) is 2.60. The fraction of sp³-hybridized carbons (Fsp3) is 1.00. The molecule has 1 saturated heterocycles. The molecule has 0 aromatic rings. The second-order valence-corrected chi connectivity index (χ2v) is 4.46. The summed E-state index contributed by atoms with van der Waals surface area (Å²) in [6, 6.07) is -0.183. The van der Waals surface area contributed by atoms with Crippen molar-refractivity contribution >= 4 is 0 Å². The highest BCUT2D eigenvalue weighted by atomic mass is 19.4. The van der Waals surface area contributed by atoms with Crippen molar-refractivity contribution in [3.8, 4) is 0 Å². The summed E-state index contributed by atoms with van der Waals surface area (Å²) in [5.41, 5.74) is -1.80. The normalized spacial score (nSPS) is 26.4. The summed E-state index contributed by atoms with van der Waals surface area (Å²) >= 11 is 0. The van der Waals surface area contributed by atoms with Crippen LogP contribution >= 0.6 is 0 Å². The minimum absolute atomic E-state index is 0.0586. The SMILES string of the molecule is CC(F)(CCC(F)(F)F)CC1COCCN1. The summed E-state index contributed by atoms with van der Waals surface area (Å²) in [7, 11) is 0. The summed E-state index contributed by atoms with van der Waals surface area (Å²) in [5.74, 6) is 0. The van der Waals surface area contributed by atoms with Crippen LogP contribution in [0.2, 0.25) is 0 Å². The summed E-state index contributed by atoms with van der Waals surface area (Å²) in [4.78, 5) is 0. The van der Waals surface area contributed by atoms with Gasteiger partial charge in [-0.15, -0.1) is 0 Å². The Kier molecular flexibility index (Phi) is 4.55. The van der Waals surface area contributed by atoms with E-state index in [1.54, 1.807) is 0 Å². The van der Waals surface area contributed by atoms with Crippen LogP contribution in [0.3, 0.4) is 0 Å². The molecule has 0 amide bonds. The third-order valence-electron chi connectivity index (χ3n) is 2.60. The van der Waals surface area contributed by atoms with Gasteiger partial charge in [-0.25, -0.2) is 4.39 Å². The van der Waals surface area contributed by atoms with Crippen LogP contribution in [0.25, 0.3) is 0 Å². The van der Waals surface area contributed by atoms with Gasteiger partial charge in [0.2, 0.25) is 0 Å².